The van der Waals surface area contributed by atoms with Crippen molar-refractivity contribution >= 4 is 10.9 Å². The lowest BCUT2D eigenvalue weighted by Crippen LogP contribution is -1.92. The topological polar surface area (TPSA) is 50.9 Å². The Balaban J connectivity index is 2.25. The SMILES string of the molecule is Cn1cc(-c2cc(CO)c3ccccc3n2)cn1. The molecule has 4 heteroatoms. The van der Waals surface area contributed by atoms with E-state index in [1.165, 1.54) is 0 Å². The van der Waals surface area contributed by atoms with Crippen LogP contribution in [0.4, 0.5) is 0 Å². The van der Waals surface area contributed by atoms with E-state index in [4.69, 9.17) is 0 Å². The van der Waals surface area contributed by atoms with Crippen LogP contribution < -0.4 is 0 Å². The molecule has 0 aliphatic heterocycles. The van der Waals surface area contributed by atoms with Crippen LogP contribution in [0.1, 0.15) is 5.56 Å². The summed E-state index contributed by atoms with van der Waals surface area (Å²) in [6.45, 7) is 0.0102. The molecule has 3 rings (SSSR count). The first-order valence-electron chi connectivity index (χ1n) is 5.76. The van der Waals surface area contributed by atoms with Crippen molar-refractivity contribution in [2.24, 2.45) is 7.05 Å². The molecule has 0 spiro atoms. The van der Waals surface area contributed by atoms with Crippen molar-refractivity contribution in [1.82, 2.24) is 14.8 Å². The number of aliphatic hydroxyl groups excluding tert-OH is 1. The fraction of sp³-hybridized carbons (Fsp3) is 0.143. The number of nitrogens with zero attached hydrogens (tertiary/aromatic N) is 3. The van der Waals surface area contributed by atoms with Gasteiger partial charge in [0.15, 0.2) is 0 Å². The lowest BCUT2D eigenvalue weighted by Gasteiger charge is -2.06. The van der Waals surface area contributed by atoms with Gasteiger partial charge in [0.05, 0.1) is 24.0 Å². The molecule has 0 bridgehead atoms. The van der Waals surface area contributed by atoms with Gasteiger partial charge in [-0.25, -0.2) is 4.98 Å². The van der Waals surface area contributed by atoms with Gasteiger partial charge < -0.3 is 5.11 Å². The number of rotatable bonds is 2. The summed E-state index contributed by atoms with van der Waals surface area (Å²) in [5.41, 5.74) is 3.58. The second-order valence-corrected chi connectivity index (χ2v) is 4.24. The van der Waals surface area contributed by atoms with Gasteiger partial charge in [-0.15, -0.1) is 0 Å². The molecule has 18 heavy (non-hydrogen) atoms. The number of benzene rings is 1. The van der Waals surface area contributed by atoms with Gasteiger partial charge in [-0.05, 0) is 17.7 Å². The molecule has 0 saturated heterocycles. The summed E-state index contributed by atoms with van der Waals surface area (Å²) < 4.78 is 1.74. The highest BCUT2D eigenvalue weighted by atomic mass is 16.3. The number of para-hydroxylation sites is 1. The largest absolute Gasteiger partial charge is 0.392 e. The van der Waals surface area contributed by atoms with Gasteiger partial charge in [-0.2, -0.15) is 5.10 Å². The molecule has 90 valence electrons. The van der Waals surface area contributed by atoms with E-state index in [1.807, 2.05) is 43.6 Å². The van der Waals surface area contributed by atoms with Crippen LogP contribution in [0.15, 0.2) is 42.7 Å². The molecule has 0 amide bonds. The summed E-state index contributed by atoms with van der Waals surface area (Å²) in [5.74, 6) is 0. The number of hydrogen-bond acceptors (Lipinski definition) is 3. The lowest BCUT2D eigenvalue weighted by atomic mass is 10.1. The Morgan fingerprint density at radius 3 is 2.83 bits per heavy atom. The maximum absolute atomic E-state index is 9.46. The van der Waals surface area contributed by atoms with E-state index in [2.05, 4.69) is 10.1 Å². The number of aliphatic hydroxyl groups is 1. The molecule has 1 aromatic carbocycles. The van der Waals surface area contributed by atoms with Gasteiger partial charge in [0.1, 0.15) is 0 Å². The van der Waals surface area contributed by atoms with Crippen molar-refractivity contribution in [1.29, 1.82) is 0 Å². The molecule has 1 N–H and O–H groups in total. The second-order valence-electron chi connectivity index (χ2n) is 4.24. The monoisotopic (exact) mass is 239 g/mol. The molecule has 0 aliphatic carbocycles. The summed E-state index contributed by atoms with van der Waals surface area (Å²) in [7, 11) is 1.87. The third-order valence-electron chi connectivity index (χ3n) is 2.97. The van der Waals surface area contributed by atoms with Gasteiger partial charge in [0, 0.05) is 24.2 Å². The van der Waals surface area contributed by atoms with E-state index in [0.717, 1.165) is 27.7 Å². The Kier molecular flexibility index (Phi) is 2.57. The van der Waals surface area contributed by atoms with Gasteiger partial charge in [-0.1, -0.05) is 18.2 Å². The maximum atomic E-state index is 9.46. The van der Waals surface area contributed by atoms with E-state index < -0.39 is 0 Å². The predicted molar refractivity (Wildman–Crippen MR) is 69.9 cm³/mol. The van der Waals surface area contributed by atoms with Crippen molar-refractivity contribution < 1.29 is 5.11 Å². The summed E-state index contributed by atoms with van der Waals surface area (Å²) >= 11 is 0. The van der Waals surface area contributed by atoms with Crippen LogP contribution in [-0.4, -0.2) is 19.9 Å². The molecule has 4 nitrogen and oxygen atoms in total. The van der Waals surface area contributed by atoms with Gasteiger partial charge in [0.25, 0.3) is 0 Å². The van der Waals surface area contributed by atoms with E-state index in [-0.39, 0.29) is 6.61 Å². The quantitative estimate of drug-likeness (QED) is 0.745. The van der Waals surface area contributed by atoms with Gasteiger partial charge >= 0.3 is 0 Å². The Morgan fingerprint density at radius 1 is 1.28 bits per heavy atom. The highest BCUT2D eigenvalue weighted by Crippen LogP contribution is 2.24. The second kappa shape index (κ2) is 4.23. The predicted octanol–water partition coefficient (Wildman–Crippen LogP) is 2.13. The fourth-order valence-electron chi connectivity index (χ4n) is 2.08. The molecule has 0 aliphatic rings. The van der Waals surface area contributed by atoms with Crippen molar-refractivity contribution in [3.63, 3.8) is 0 Å². The Bertz CT molecular complexity index is 703. The van der Waals surface area contributed by atoms with Crippen LogP contribution in [0.5, 0.6) is 0 Å². The molecule has 0 fully saturated rings. The number of aryl methyl sites for hydroxylation is 1. The molecular formula is C14H13N3O. The number of fused-ring (bicyclic) bond motifs is 1. The first-order chi connectivity index (χ1) is 8.78. The van der Waals surface area contributed by atoms with E-state index in [9.17, 15) is 5.11 Å². The lowest BCUT2D eigenvalue weighted by molar-refractivity contribution is 0.283. The normalized spacial score (nSPS) is 11.0. The number of pyridine rings is 1. The minimum absolute atomic E-state index is 0.0102. The summed E-state index contributed by atoms with van der Waals surface area (Å²) in [6.07, 6.45) is 3.69. The summed E-state index contributed by atoms with van der Waals surface area (Å²) in [4.78, 5) is 4.60. The smallest absolute Gasteiger partial charge is 0.0744 e. The molecule has 0 unspecified atom stereocenters. The third-order valence-corrected chi connectivity index (χ3v) is 2.97. The van der Waals surface area contributed by atoms with Crippen LogP contribution in [0.2, 0.25) is 0 Å². The first-order valence-corrected chi connectivity index (χ1v) is 5.76. The van der Waals surface area contributed by atoms with Crippen LogP contribution >= 0.6 is 0 Å². The Hall–Kier alpha value is -2.20. The minimum atomic E-state index is 0.0102. The Morgan fingerprint density at radius 2 is 2.11 bits per heavy atom. The summed E-state index contributed by atoms with van der Waals surface area (Å²) in [5, 5.41) is 14.6. The molecular weight excluding hydrogens is 226 g/mol. The van der Waals surface area contributed by atoms with Crippen molar-refractivity contribution in [3.05, 3.63) is 48.3 Å². The zero-order valence-corrected chi connectivity index (χ0v) is 10.0. The van der Waals surface area contributed by atoms with Crippen LogP contribution in [-0.2, 0) is 13.7 Å². The molecule has 2 aromatic heterocycles. The van der Waals surface area contributed by atoms with Crippen molar-refractivity contribution in [2.75, 3.05) is 0 Å². The highest BCUT2D eigenvalue weighted by Gasteiger charge is 2.07. The molecule has 0 saturated carbocycles. The van der Waals surface area contributed by atoms with Crippen molar-refractivity contribution in [2.45, 2.75) is 6.61 Å². The number of aromatic nitrogens is 3. The average molecular weight is 239 g/mol. The van der Waals surface area contributed by atoms with E-state index in [1.54, 1.807) is 10.9 Å². The van der Waals surface area contributed by atoms with Gasteiger partial charge in [-0.3, -0.25) is 4.68 Å². The minimum Gasteiger partial charge on any atom is -0.392 e. The zero-order chi connectivity index (χ0) is 12.5. The van der Waals surface area contributed by atoms with Crippen LogP contribution in [0.3, 0.4) is 0 Å². The average Bonchev–Trinajstić information content (AvgIpc) is 2.84. The van der Waals surface area contributed by atoms with Gasteiger partial charge in [0.2, 0.25) is 0 Å². The third kappa shape index (κ3) is 1.76. The number of hydrogen-bond donors (Lipinski definition) is 1. The zero-order valence-electron chi connectivity index (χ0n) is 10.0. The van der Waals surface area contributed by atoms with E-state index >= 15 is 0 Å². The van der Waals surface area contributed by atoms with E-state index in [0.29, 0.717) is 0 Å². The summed E-state index contributed by atoms with van der Waals surface area (Å²) in [6, 6.07) is 9.74. The highest BCUT2D eigenvalue weighted by molar-refractivity contribution is 5.84. The standard InChI is InChI=1S/C14H13N3O/c1-17-8-11(7-15-17)14-6-10(9-18)12-4-2-3-5-13(12)16-14/h2-8,18H,9H2,1H3. The molecule has 3 aromatic rings. The molecule has 2 heterocycles. The Labute approximate surface area is 105 Å². The molecule has 0 radical (unpaired) electrons. The maximum Gasteiger partial charge on any atom is 0.0744 e. The fourth-order valence-corrected chi connectivity index (χ4v) is 2.08. The van der Waals surface area contributed by atoms with Crippen molar-refractivity contribution in [3.8, 4) is 11.3 Å². The van der Waals surface area contributed by atoms with Crippen LogP contribution in [0.25, 0.3) is 22.2 Å². The van der Waals surface area contributed by atoms with Crippen LogP contribution in [0, 0.1) is 0 Å². The first kappa shape index (κ1) is 10.9. The molecule has 0 atom stereocenters.